The minimum Gasteiger partial charge on any atom is -0.465 e. The maximum Gasteiger partial charge on any atom is 0.404 e. The topological polar surface area (TPSA) is 183 Å². The van der Waals surface area contributed by atoms with Crippen LogP contribution in [0.3, 0.4) is 0 Å². The van der Waals surface area contributed by atoms with Crippen molar-refractivity contribution in [3.05, 3.63) is 84.4 Å². The third kappa shape index (κ3) is 10.3. The summed E-state index contributed by atoms with van der Waals surface area (Å²) in [5.41, 5.74) is 0.162. The third-order valence-corrected chi connectivity index (χ3v) is 9.24. The second kappa shape index (κ2) is 16.1. The van der Waals surface area contributed by atoms with Crippen molar-refractivity contribution in [1.82, 2.24) is 14.9 Å². The lowest BCUT2D eigenvalue weighted by atomic mass is 9.87. The summed E-state index contributed by atoms with van der Waals surface area (Å²) in [6.07, 6.45) is 0.289. The van der Waals surface area contributed by atoms with Crippen molar-refractivity contribution in [3.63, 3.8) is 0 Å². The zero-order valence-corrected chi connectivity index (χ0v) is 27.0. The fourth-order valence-corrected chi connectivity index (χ4v) is 6.78. The van der Waals surface area contributed by atoms with Crippen LogP contribution >= 0.6 is 0 Å². The van der Waals surface area contributed by atoms with Gasteiger partial charge in [-0.05, 0) is 54.5 Å². The van der Waals surface area contributed by atoms with Gasteiger partial charge in [0, 0.05) is 25.7 Å². The van der Waals surface area contributed by atoms with Gasteiger partial charge in [0.2, 0.25) is 16.8 Å². The molecule has 3 aromatic carbocycles. The predicted molar refractivity (Wildman–Crippen MR) is 174 cm³/mol. The number of aliphatic hydroxyl groups is 1. The van der Waals surface area contributed by atoms with Gasteiger partial charge in [0.1, 0.15) is 5.75 Å². The number of para-hydroxylation sites is 1. The van der Waals surface area contributed by atoms with Crippen molar-refractivity contribution in [1.29, 1.82) is 5.26 Å². The molecule has 1 heterocycles. The van der Waals surface area contributed by atoms with Gasteiger partial charge in [0.05, 0.1) is 17.0 Å². The molecule has 1 aliphatic rings. The number of nitrogens with zero attached hydrogens (tertiary/aromatic N) is 3. The maximum atomic E-state index is 14.1. The zero-order chi connectivity index (χ0) is 33.9. The third-order valence-electron chi connectivity index (χ3n) is 7.44. The highest BCUT2D eigenvalue weighted by Gasteiger charge is 2.35. The first-order chi connectivity index (χ1) is 22.5. The summed E-state index contributed by atoms with van der Waals surface area (Å²) in [5, 5.41) is 34.8. The lowest BCUT2D eigenvalue weighted by Crippen LogP contribution is -2.51. The highest BCUT2D eigenvalue weighted by Crippen LogP contribution is 2.36. The summed E-state index contributed by atoms with van der Waals surface area (Å²) in [6.45, 7) is 3.69. The molecular weight excluding hydrogens is 626 g/mol. The van der Waals surface area contributed by atoms with E-state index in [9.17, 15) is 23.4 Å². The van der Waals surface area contributed by atoms with Crippen LogP contribution < -0.4 is 24.8 Å². The van der Waals surface area contributed by atoms with Crippen molar-refractivity contribution >= 4 is 22.1 Å². The minimum atomic E-state index is -4.20. The van der Waals surface area contributed by atoms with Crippen LogP contribution in [0.4, 0.5) is 4.79 Å². The van der Waals surface area contributed by atoms with Crippen LogP contribution in [-0.2, 0) is 16.4 Å². The van der Waals surface area contributed by atoms with Crippen LogP contribution in [0.1, 0.15) is 32.3 Å². The Morgan fingerprint density at radius 2 is 1.77 bits per heavy atom. The lowest BCUT2D eigenvalue weighted by molar-refractivity contribution is 0.0905. The van der Waals surface area contributed by atoms with E-state index < -0.39 is 33.7 Å². The average molecular weight is 666 g/mol. The van der Waals surface area contributed by atoms with E-state index in [0.717, 1.165) is 5.56 Å². The molecule has 2 atom stereocenters. The summed E-state index contributed by atoms with van der Waals surface area (Å²) in [5.74, 6) is 1.23. The first-order valence-corrected chi connectivity index (χ1v) is 16.4. The lowest BCUT2D eigenvalue weighted by Gasteiger charge is -2.35. The zero-order valence-electron chi connectivity index (χ0n) is 26.2. The number of sulfonamides is 1. The molecule has 4 N–H and O–H groups in total. The second-order valence-corrected chi connectivity index (χ2v) is 13.7. The second-order valence-electron chi connectivity index (χ2n) is 11.7. The number of amidine groups is 1. The Morgan fingerprint density at radius 3 is 2.45 bits per heavy atom. The van der Waals surface area contributed by atoms with Crippen LogP contribution in [0.2, 0.25) is 0 Å². The van der Waals surface area contributed by atoms with Gasteiger partial charge >= 0.3 is 12.1 Å². The van der Waals surface area contributed by atoms with Gasteiger partial charge in [-0.25, -0.2) is 23.5 Å². The van der Waals surface area contributed by atoms with Crippen molar-refractivity contribution in [3.8, 4) is 23.4 Å². The number of ether oxygens (including phenoxy) is 3. The van der Waals surface area contributed by atoms with Crippen molar-refractivity contribution in [2.24, 2.45) is 10.4 Å². The van der Waals surface area contributed by atoms with E-state index in [-0.39, 0.29) is 43.0 Å². The molecule has 0 bridgehead atoms. The molecule has 4 rings (SSSR count). The largest absolute Gasteiger partial charge is 0.465 e. The van der Waals surface area contributed by atoms with E-state index >= 15 is 0 Å². The molecule has 0 unspecified atom stereocenters. The molecule has 0 aliphatic carbocycles. The van der Waals surface area contributed by atoms with Crippen molar-refractivity contribution in [2.75, 3.05) is 26.4 Å². The normalized spacial score (nSPS) is 14.2. The number of amides is 1. The standard InChI is InChI=1S/C33H39N5O8S/c1-33(2,16-9-17-35-31(36-22-34)46-25-12-7-4-8-13-25)21-38(47(42,43)26-14-15-29-30(19-26)45-23-44-29)20-28(39)27(37-32(40)41)18-24-10-5-3-6-11-24/h3-8,10-15,19,27-28,37,39H,9,16-18,20-21,23H2,1-2H3,(H,35,36)(H,40,41)/t27-,28-/m0/s1. The van der Waals surface area contributed by atoms with Crippen LogP contribution in [0.15, 0.2) is 88.8 Å². The summed E-state index contributed by atoms with van der Waals surface area (Å²) in [7, 11) is -4.20. The van der Waals surface area contributed by atoms with Gasteiger partial charge in [-0.3, -0.25) is 0 Å². The molecule has 250 valence electrons. The Kier molecular flexibility index (Phi) is 12.0. The average Bonchev–Trinajstić information content (AvgIpc) is 3.51. The number of carboxylic acid groups (broad SMARTS) is 1. The Balaban J connectivity index is 1.52. The van der Waals surface area contributed by atoms with E-state index in [1.165, 1.54) is 22.5 Å². The molecule has 0 aromatic heterocycles. The van der Waals surface area contributed by atoms with Crippen LogP contribution in [0.25, 0.3) is 0 Å². The van der Waals surface area contributed by atoms with E-state index in [1.54, 1.807) is 48.5 Å². The van der Waals surface area contributed by atoms with E-state index in [1.807, 2.05) is 32.2 Å². The molecule has 0 saturated carbocycles. The Morgan fingerprint density at radius 1 is 1.09 bits per heavy atom. The molecule has 3 aromatic rings. The highest BCUT2D eigenvalue weighted by molar-refractivity contribution is 7.89. The number of aliphatic hydroxyl groups excluding tert-OH is 1. The van der Waals surface area contributed by atoms with Crippen LogP contribution in [-0.4, -0.2) is 73.6 Å². The van der Waals surface area contributed by atoms with Gasteiger partial charge in [0.15, 0.2) is 17.7 Å². The molecule has 0 saturated heterocycles. The molecule has 0 spiro atoms. The molecule has 1 amide bonds. The molecule has 0 fully saturated rings. The fraction of sp³-hybridized carbons (Fsp3) is 0.364. The number of carbonyl (C=O) groups is 1. The summed E-state index contributed by atoms with van der Waals surface area (Å²) in [6, 6.07) is 21.3. The Bertz CT molecular complexity index is 1660. The number of nitriles is 1. The molecular formula is C33H39N5O8S. The number of benzene rings is 3. The molecule has 13 nitrogen and oxygen atoms in total. The molecule has 0 radical (unpaired) electrons. The minimum absolute atomic E-state index is 0.000500. The number of hydrogen-bond acceptors (Lipinski definition) is 9. The number of aliphatic imine (C=N–C) groups is 1. The number of rotatable bonds is 15. The first kappa shape index (κ1) is 35.0. The maximum absolute atomic E-state index is 14.1. The SMILES string of the molecule is CC(C)(CCCN=C(NC#N)Oc1ccccc1)CN(C[C@H](O)[C@H](Cc1ccccc1)NC(=O)O)S(=O)(=O)c1ccc2c(c1)OCO2. The van der Waals surface area contributed by atoms with Gasteiger partial charge in [-0.15, -0.1) is 0 Å². The quantitative estimate of drug-likeness (QED) is 0.0610. The predicted octanol–water partition coefficient (Wildman–Crippen LogP) is 3.96. The summed E-state index contributed by atoms with van der Waals surface area (Å²) < 4.78 is 45.8. The summed E-state index contributed by atoms with van der Waals surface area (Å²) in [4.78, 5) is 16.0. The van der Waals surface area contributed by atoms with Gasteiger partial charge in [-0.2, -0.15) is 9.57 Å². The van der Waals surface area contributed by atoms with Gasteiger partial charge < -0.3 is 29.7 Å². The van der Waals surface area contributed by atoms with Crippen LogP contribution in [0, 0.1) is 16.9 Å². The Hall–Kier alpha value is -4.84. The van der Waals surface area contributed by atoms with Crippen LogP contribution in [0.5, 0.6) is 17.2 Å². The fourth-order valence-electron chi connectivity index (χ4n) is 5.12. The molecule has 14 heteroatoms. The molecule has 47 heavy (non-hydrogen) atoms. The van der Waals surface area contributed by atoms with E-state index in [4.69, 9.17) is 19.5 Å². The molecule has 1 aliphatic heterocycles. The Labute approximate surface area is 274 Å². The van der Waals surface area contributed by atoms with Crippen molar-refractivity contribution in [2.45, 2.75) is 50.2 Å². The highest BCUT2D eigenvalue weighted by atomic mass is 32.2. The number of nitrogens with one attached hydrogen (secondary N) is 2. The smallest absolute Gasteiger partial charge is 0.404 e. The van der Waals surface area contributed by atoms with Gasteiger partial charge in [-0.1, -0.05) is 62.4 Å². The first-order valence-electron chi connectivity index (χ1n) is 15.0. The van der Waals surface area contributed by atoms with Gasteiger partial charge in [0.25, 0.3) is 0 Å². The monoisotopic (exact) mass is 665 g/mol. The van der Waals surface area contributed by atoms with E-state index in [0.29, 0.717) is 30.9 Å². The van der Waals surface area contributed by atoms with Crippen molar-refractivity contribution < 1.29 is 37.6 Å². The van der Waals surface area contributed by atoms with E-state index in [2.05, 4.69) is 15.6 Å². The number of hydrogen-bond donors (Lipinski definition) is 4. The number of fused-ring (bicyclic) bond motifs is 1. The summed E-state index contributed by atoms with van der Waals surface area (Å²) >= 11 is 0.